The third-order valence-corrected chi connectivity index (χ3v) is 3.74. The Morgan fingerprint density at radius 3 is 2.13 bits per heavy atom. The van der Waals surface area contributed by atoms with Gasteiger partial charge < -0.3 is 24.4 Å². The van der Waals surface area contributed by atoms with E-state index in [1.165, 1.54) is 21.3 Å². The highest BCUT2D eigenvalue weighted by atomic mass is 16.5. The maximum Gasteiger partial charge on any atom is 0.305 e. The van der Waals surface area contributed by atoms with Crippen molar-refractivity contribution in [1.82, 2.24) is 0 Å². The number of phenolic OH excluding ortho intramolecular Hbond substituents is 2. The Morgan fingerprint density at radius 1 is 1.04 bits per heavy atom. The van der Waals surface area contributed by atoms with Crippen LogP contribution in [0.25, 0.3) is 0 Å². The summed E-state index contributed by atoms with van der Waals surface area (Å²) in [6.45, 7) is 3.60. The Kier molecular flexibility index (Phi) is 6.75. The molecule has 6 heteroatoms. The number of hydrogen-bond donors (Lipinski definition) is 2. The number of phenols is 2. The number of carbonyl (C=O) groups is 1. The molecule has 1 rings (SSSR count). The van der Waals surface area contributed by atoms with Gasteiger partial charge in [0.25, 0.3) is 0 Å². The first-order valence-electron chi connectivity index (χ1n) is 7.25. The largest absolute Gasteiger partial charge is 0.504 e. The van der Waals surface area contributed by atoms with Crippen molar-refractivity contribution in [2.75, 3.05) is 21.3 Å². The third kappa shape index (κ3) is 4.31. The molecule has 0 aliphatic heterocycles. The van der Waals surface area contributed by atoms with E-state index in [1.807, 2.05) is 13.0 Å². The Hall–Kier alpha value is -2.37. The molecule has 128 valence electrons. The average molecular weight is 324 g/mol. The zero-order valence-corrected chi connectivity index (χ0v) is 14.2. The number of esters is 1. The monoisotopic (exact) mass is 324 g/mol. The number of rotatable bonds is 7. The van der Waals surface area contributed by atoms with Gasteiger partial charge >= 0.3 is 5.97 Å². The van der Waals surface area contributed by atoms with Crippen LogP contribution in [0.4, 0.5) is 0 Å². The van der Waals surface area contributed by atoms with Crippen molar-refractivity contribution in [3.05, 3.63) is 22.8 Å². The number of allylic oxidation sites excluding steroid dienone is 2. The van der Waals surface area contributed by atoms with Crippen LogP contribution in [-0.4, -0.2) is 37.5 Å². The third-order valence-electron chi connectivity index (χ3n) is 3.74. The molecule has 0 amide bonds. The van der Waals surface area contributed by atoms with E-state index in [-0.39, 0.29) is 29.0 Å². The van der Waals surface area contributed by atoms with E-state index in [4.69, 9.17) is 9.47 Å². The van der Waals surface area contributed by atoms with Gasteiger partial charge in [0.1, 0.15) is 0 Å². The molecule has 0 unspecified atom stereocenters. The summed E-state index contributed by atoms with van der Waals surface area (Å²) in [6.07, 6.45) is 3.18. The van der Waals surface area contributed by atoms with Crippen LogP contribution in [0, 0.1) is 6.92 Å². The summed E-state index contributed by atoms with van der Waals surface area (Å²) < 4.78 is 14.8. The molecule has 0 aromatic heterocycles. The van der Waals surface area contributed by atoms with Crippen molar-refractivity contribution in [2.24, 2.45) is 0 Å². The van der Waals surface area contributed by atoms with Gasteiger partial charge in [-0.2, -0.15) is 0 Å². The number of carbonyl (C=O) groups excluding carboxylic acids is 1. The molecule has 0 atom stereocenters. The van der Waals surface area contributed by atoms with Crippen molar-refractivity contribution in [1.29, 1.82) is 0 Å². The Balaban J connectivity index is 3.05. The van der Waals surface area contributed by atoms with Crippen molar-refractivity contribution in [3.63, 3.8) is 0 Å². The zero-order valence-electron chi connectivity index (χ0n) is 14.2. The lowest BCUT2D eigenvalue weighted by molar-refractivity contribution is -0.140. The number of benzene rings is 1. The molecule has 1 aromatic carbocycles. The van der Waals surface area contributed by atoms with Gasteiger partial charge in [-0.05, 0) is 26.7 Å². The second kappa shape index (κ2) is 8.31. The quantitative estimate of drug-likeness (QED) is 0.456. The Morgan fingerprint density at radius 2 is 1.61 bits per heavy atom. The minimum Gasteiger partial charge on any atom is -0.504 e. The van der Waals surface area contributed by atoms with E-state index in [0.29, 0.717) is 30.4 Å². The van der Waals surface area contributed by atoms with Crippen LogP contribution in [0.1, 0.15) is 30.9 Å². The minimum absolute atomic E-state index is 0.0576. The van der Waals surface area contributed by atoms with Crippen LogP contribution in [0.3, 0.4) is 0 Å². The van der Waals surface area contributed by atoms with Gasteiger partial charge in [0.2, 0.25) is 11.5 Å². The minimum atomic E-state index is -0.263. The average Bonchev–Trinajstić information content (AvgIpc) is 2.55. The van der Waals surface area contributed by atoms with Gasteiger partial charge in [-0.1, -0.05) is 11.6 Å². The summed E-state index contributed by atoms with van der Waals surface area (Å²) in [5, 5.41) is 20.5. The molecule has 2 N–H and O–H groups in total. The summed E-state index contributed by atoms with van der Waals surface area (Å²) in [4.78, 5) is 11.1. The Bertz CT molecular complexity index is 604. The van der Waals surface area contributed by atoms with Crippen LogP contribution in [0.5, 0.6) is 23.0 Å². The molecule has 0 radical (unpaired) electrons. The highest BCUT2D eigenvalue weighted by molar-refractivity contribution is 5.69. The van der Waals surface area contributed by atoms with Gasteiger partial charge in [0.15, 0.2) is 11.5 Å². The van der Waals surface area contributed by atoms with Gasteiger partial charge in [-0.3, -0.25) is 4.79 Å². The van der Waals surface area contributed by atoms with Crippen LogP contribution >= 0.6 is 0 Å². The van der Waals surface area contributed by atoms with Crippen molar-refractivity contribution >= 4 is 5.97 Å². The van der Waals surface area contributed by atoms with Crippen molar-refractivity contribution in [3.8, 4) is 23.0 Å². The van der Waals surface area contributed by atoms with Crippen molar-refractivity contribution < 1.29 is 29.2 Å². The molecule has 0 aliphatic rings. The SMILES string of the molecule is COC(=O)CC/C(C)=C/Cc1c(C)c(O)c(OC)c(OC)c1O. The van der Waals surface area contributed by atoms with E-state index < -0.39 is 0 Å². The summed E-state index contributed by atoms with van der Waals surface area (Å²) in [6, 6.07) is 0. The number of hydrogen-bond acceptors (Lipinski definition) is 6. The molecule has 6 nitrogen and oxygen atoms in total. The molecule has 0 saturated heterocycles. The summed E-state index contributed by atoms with van der Waals surface area (Å²) in [5.74, 6) is -0.168. The van der Waals surface area contributed by atoms with E-state index in [0.717, 1.165) is 5.57 Å². The molecule has 0 bridgehead atoms. The highest BCUT2D eigenvalue weighted by Gasteiger charge is 2.22. The summed E-state index contributed by atoms with van der Waals surface area (Å²) in [5.41, 5.74) is 2.07. The molecule has 0 heterocycles. The standard InChI is InChI=1S/C17H24O6/c1-10(7-9-13(18)21-3)6-8-12-11(2)14(19)16(22-4)17(23-5)15(12)20/h6,19-20H,7-9H2,1-5H3/b10-6+. The first kappa shape index (κ1) is 18.7. The molecule has 23 heavy (non-hydrogen) atoms. The predicted molar refractivity (Wildman–Crippen MR) is 86.3 cm³/mol. The van der Waals surface area contributed by atoms with E-state index in [2.05, 4.69) is 4.74 Å². The van der Waals surface area contributed by atoms with Gasteiger partial charge in [0.05, 0.1) is 21.3 Å². The van der Waals surface area contributed by atoms with E-state index in [1.54, 1.807) is 6.92 Å². The first-order valence-corrected chi connectivity index (χ1v) is 7.25. The lowest BCUT2D eigenvalue weighted by atomic mass is 9.99. The van der Waals surface area contributed by atoms with E-state index in [9.17, 15) is 15.0 Å². The molecule has 0 saturated carbocycles. The number of aromatic hydroxyl groups is 2. The van der Waals surface area contributed by atoms with Gasteiger partial charge in [-0.25, -0.2) is 0 Å². The fraction of sp³-hybridized carbons (Fsp3) is 0.471. The van der Waals surface area contributed by atoms with E-state index >= 15 is 0 Å². The van der Waals surface area contributed by atoms with Crippen LogP contribution in [0.2, 0.25) is 0 Å². The lowest BCUT2D eigenvalue weighted by Crippen LogP contribution is -2.00. The topological polar surface area (TPSA) is 85.2 Å². The summed E-state index contributed by atoms with van der Waals surface area (Å²) in [7, 11) is 4.15. The second-order valence-corrected chi connectivity index (χ2v) is 5.20. The molecular weight excluding hydrogens is 300 g/mol. The fourth-order valence-corrected chi connectivity index (χ4v) is 2.25. The Labute approximate surface area is 136 Å². The van der Waals surface area contributed by atoms with Crippen molar-refractivity contribution in [2.45, 2.75) is 33.1 Å². The maximum absolute atomic E-state index is 11.1. The fourth-order valence-electron chi connectivity index (χ4n) is 2.25. The van der Waals surface area contributed by atoms with Crippen LogP contribution in [0.15, 0.2) is 11.6 Å². The summed E-state index contributed by atoms with van der Waals surface area (Å²) >= 11 is 0. The number of ether oxygens (including phenoxy) is 3. The molecule has 1 aromatic rings. The van der Waals surface area contributed by atoms with Crippen LogP contribution in [-0.2, 0) is 16.0 Å². The molecule has 0 aliphatic carbocycles. The normalized spacial score (nSPS) is 11.3. The second-order valence-electron chi connectivity index (χ2n) is 5.20. The van der Waals surface area contributed by atoms with Gasteiger partial charge in [-0.15, -0.1) is 0 Å². The lowest BCUT2D eigenvalue weighted by Gasteiger charge is -2.17. The first-order chi connectivity index (χ1) is 10.9. The maximum atomic E-state index is 11.1. The number of methoxy groups -OCH3 is 3. The smallest absolute Gasteiger partial charge is 0.305 e. The predicted octanol–water partition coefficient (Wildman–Crippen LogP) is 2.87. The van der Waals surface area contributed by atoms with Crippen LogP contribution < -0.4 is 9.47 Å². The molecule has 0 spiro atoms. The zero-order chi connectivity index (χ0) is 17.6. The molecule has 0 fully saturated rings. The molecular formula is C17H24O6. The van der Waals surface area contributed by atoms with Gasteiger partial charge in [0, 0.05) is 17.5 Å². The highest BCUT2D eigenvalue weighted by Crippen LogP contribution is 2.48.